The van der Waals surface area contributed by atoms with Crippen LogP contribution in [0.1, 0.15) is 17.4 Å². The fraction of sp³-hybridized carbons (Fsp3) is 0.357. The Hall–Kier alpha value is -0.880. The highest BCUT2D eigenvalue weighted by Gasteiger charge is 2.21. The van der Waals surface area contributed by atoms with Crippen LogP contribution in [0, 0.1) is 0 Å². The second-order valence-corrected chi connectivity index (χ2v) is 6.09. The lowest BCUT2D eigenvalue weighted by Gasteiger charge is -2.17. The van der Waals surface area contributed by atoms with E-state index in [1.165, 1.54) is 0 Å². The summed E-state index contributed by atoms with van der Waals surface area (Å²) in [5.74, 6) is 0. The molecule has 0 spiro atoms. The second-order valence-electron chi connectivity index (χ2n) is 4.83. The topological polar surface area (TPSA) is 41.3 Å². The van der Waals surface area contributed by atoms with Gasteiger partial charge in [-0.15, -0.1) is 0 Å². The first kappa shape index (κ1) is 15.5. The van der Waals surface area contributed by atoms with Gasteiger partial charge in [0.15, 0.2) is 0 Å². The lowest BCUT2D eigenvalue weighted by molar-refractivity contribution is 0.205. The highest BCUT2D eigenvalue weighted by molar-refractivity contribution is 9.10. The number of rotatable bonds is 5. The Morgan fingerprint density at radius 3 is 2.75 bits per heavy atom. The summed E-state index contributed by atoms with van der Waals surface area (Å²) in [6, 6.07) is 7.56. The molecule has 1 aromatic carbocycles. The quantitative estimate of drug-likeness (QED) is 0.893. The van der Waals surface area contributed by atoms with Gasteiger partial charge in [-0.05, 0) is 20.2 Å². The third kappa shape index (κ3) is 3.41. The van der Waals surface area contributed by atoms with Crippen molar-refractivity contribution in [3.8, 4) is 0 Å². The number of hydrogen-bond donors (Lipinski definition) is 1. The van der Waals surface area contributed by atoms with Crippen LogP contribution in [0.3, 0.4) is 0 Å². The van der Waals surface area contributed by atoms with Gasteiger partial charge in [-0.3, -0.25) is 4.68 Å². The average molecular weight is 359 g/mol. The molecule has 1 unspecified atom stereocenters. The predicted molar refractivity (Wildman–Crippen MR) is 84.0 cm³/mol. The van der Waals surface area contributed by atoms with Gasteiger partial charge in [-0.25, -0.2) is 0 Å². The fourth-order valence-electron chi connectivity index (χ4n) is 1.96. The van der Waals surface area contributed by atoms with Crippen LogP contribution < -0.4 is 0 Å². The van der Waals surface area contributed by atoms with Gasteiger partial charge in [0.05, 0.1) is 23.5 Å². The Morgan fingerprint density at radius 2 is 2.10 bits per heavy atom. The molecule has 4 nitrogen and oxygen atoms in total. The van der Waals surface area contributed by atoms with Crippen molar-refractivity contribution in [3.63, 3.8) is 0 Å². The molecule has 0 aliphatic rings. The van der Waals surface area contributed by atoms with E-state index in [0.717, 1.165) is 16.6 Å². The molecule has 0 aliphatic heterocycles. The zero-order chi connectivity index (χ0) is 14.7. The van der Waals surface area contributed by atoms with Crippen molar-refractivity contribution in [1.29, 1.82) is 0 Å². The molecule has 1 atom stereocenters. The SMILES string of the molecule is CN(C)CCn1ncc(Cl)c1C(O)c1ccccc1Br. The summed E-state index contributed by atoms with van der Waals surface area (Å²) in [6.07, 6.45) is 0.773. The van der Waals surface area contributed by atoms with Crippen LogP contribution in [0.15, 0.2) is 34.9 Å². The van der Waals surface area contributed by atoms with E-state index in [4.69, 9.17) is 11.6 Å². The minimum Gasteiger partial charge on any atom is -0.382 e. The predicted octanol–water partition coefficient (Wildman–Crippen LogP) is 2.94. The first-order chi connectivity index (χ1) is 9.50. The zero-order valence-corrected chi connectivity index (χ0v) is 13.8. The molecule has 20 heavy (non-hydrogen) atoms. The molecule has 2 rings (SSSR count). The van der Waals surface area contributed by atoms with Crippen molar-refractivity contribution in [3.05, 3.63) is 51.2 Å². The van der Waals surface area contributed by atoms with E-state index in [-0.39, 0.29) is 0 Å². The molecule has 1 heterocycles. The first-order valence-corrected chi connectivity index (χ1v) is 7.46. The minimum absolute atomic E-state index is 0.479. The van der Waals surface area contributed by atoms with Gasteiger partial charge in [0, 0.05) is 16.6 Å². The zero-order valence-electron chi connectivity index (χ0n) is 11.4. The molecule has 0 radical (unpaired) electrons. The summed E-state index contributed by atoms with van der Waals surface area (Å²) in [4.78, 5) is 2.06. The molecule has 0 saturated heterocycles. The van der Waals surface area contributed by atoms with Gasteiger partial charge in [0.2, 0.25) is 0 Å². The van der Waals surface area contributed by atoms with Gasteiger partial charge in [-0.1, -0.05) is 45.7 Å². The summed E-state index contributed by atoms with van der Waals surface area (Å²) < 4.78 is 2.61. The van der Waals surface area contributed by atoms with Gasteiger partial charge in [0.25, 0.3) is 0 Å². The number of benzene rings is 1. The average Bonchev–Trinajstić information content (AvgIpc) is 2.77. The van der Waals surface area contributed by atoms with Crippen molar-refractivity contribution in [1.82, 2.24) is 14.7 Å². The van der Waals surface area contributed by atoms with Crippen LogP contribution in [0.2, 0.25) is 5.02 Å². The molecule has 0 bridgehead atoms. The van der Waals surface area contributed by atoms with E-state index in [0.29, 0.717) is 17.3 Å². The van der Waals surface area contributed by atoms with Crippen LogP contribution in [0.25, 0.3) is 0 Å². The molecule has 2 aromatic rings. The molecule has 0 aliphatic carbocycles. The smallest absolute Gasteiger partial charge is 0.123 e. The van der Waals surface area contributed by atoms with Crippen molar-refractivity contribution in [2.24, 2.45) is 0 Å². The maximum absolute atomic E-state index is 10.6. The largest absolute Gasteiger partial charge is 0.382 e. The van der Waals surface area contributed by atoms with Gasteiger partial charge in [0.1, 0.15) is 6.10 Å². The van der Waals surface area contributed by atoms with Gasteiger partial charge >= 0.3 is 0 Å². The van der Waals surface area contributed by atoms with E-state index in [1.54, 1.807) is 10.9 Å². The molecular formula is C14H17BrClN3O. The van der Waals surface area contributed by atoms with E-state index >= 15 is 0 Å². The van der Waals surface area contributed by atoms with Crippen LogP contribution in [-0.2, 0) is 6.54 Å². The van der Waals surface area contributed by atoms with Crippen LogP contribution >= 0.6 is 27.5 Å². The second kappa shape index (κ2) is 6.72. The Labute approximate surface area is 132 Å². The number of likely N-dealkylation sites (N-methyl/N-ethyl adjacent to an activating group) is 1. The Morgan fingerprint density at radius 1 is 1.40 bits per heavy atom. The van der Waals surface area contributed by atoms with Crippen molar-refractivity contribution < 1.29 is 5.11 Å². The number of aromatic nitrogens is 2. The number of nitrogens with zero attached hydrogens (tertiary/aromatic N) is 3. The normalized spacial score (nSPS) is 12.9. The van der Waals surface area contributed by atoms with Crippen molar-refractivity contribution in [2.45, 2.75) is 12.6 Å². The summed E-state index contributed by atoms with van der Waals surface area (Å²) in [5.41, 5.74) is 1.40. The van der Waals surface area contributed by atoms with Crippen molar-refractivity contribution >= 4 is 27.5 Å². The summed E-state index contributed by atoms with van der Waals surface area (Å²) in [5, 5.41) is 15.3. The van der Waals surface area contributed by atoms with Crippen LogP contribution in [-0.4, -0.2) is 40.4 Å². The molecule has 1 N–H and O–H groups in total. The molecule has 0 saturated carbocycles. The molecule has 108 valence electrons. The van der Waals surface area contributed by atoms with Crippen LogP contribution in [0.4, 0.5) is 0 Å². The minimum atomic E-state index is -0.803. The number of hydrogen-bond acceptors (Lipinski definition) is 3. The Bertz CT molecular complexity index is 586. The maximum atomic E-state index is 10.6. The summed E-state index contributed by atoms with van der Waals surface area (Å²) >= 11 is 9.64. The molecule has 0 amide bonds. The fourth-order valence-corrected chi connectivity index (χ4v) is 2.71. The lowest BCUT2D eigenvalue weighted by atomic mass is 10.1. The Kier molecular flexibility index (Phi) is 5.21. The van der Waals surface area contributed by atoms with E-state index in [9.17, 15) is 5.11 Å². The van der Waals surface area contributed by atoms with Gasteiger partial charge in [-0.2, -0.15) is 5.10 Å². The monoisotopic (exact) mass is 357 g/mol. The standard InChI is InChI=1S/C14H17BrClN3O/c1-18(2)7-8-19-13(12(16)9-17-19)14(20)10-5-3-4-6-11(10)15/h3-6,9,14,20H,7-8H2,1-2H3. The maximum Gasteiger partial charge on any atom is 0.123 e. The van der Waals surface area contributed by atoms with Crippen molar-refractivity contribution in [2.75, 3.05) is 20.6 Å². The third-order valence-corrected chi connectivity index (χ3v) is 4.06. The van der Waals surface area contributed by atoms with E-state index in [1.807, 2.05) is 38.4 Å². The summed E-state index contributed by atoms with van der Waals surface area (Å²) in [7, 11) is 3.99. The molecule has 1 aromatic heterocycles. The molecule has 6 heteroatoms. The Balaban J connectivity index is 2.32. The number of halogens is 2. The highest BCUT2D eigenvalue weighted by atomic mass is 79.9. The number of aliphatic hydroxyl groups is 1. The first-order valence-electron chi connectivity index (χ1n) is 6.29. The van der Waals surface area contributed by atoms with Gasteiger partial charge < -0.3 is 10.0 Å². The molecular weight excluding hydrogens is 342 g/mol. The lowest BCUT2D eigenvalue weighted by Crippen LogP contribution is -2.21. The van der Waals surface area contributed by atoms with E-state index < -0.39 is 6.10 Å². The molecule has 0 fully saturated rings. The third-order valence-electron chi connectivity index (χ3n) is 3.05. The number of aliphatic hydroxyl groups excluding tert-OH is 1. The van der Waals surface area contributed by atoms with Crippen LogP contribution in [0.5, 0.6) is 0 Å². The highest BCUT2D eigenvalue weighted by Crippen LogP contribution is 2.32. The summed E-state index contributed by atoms with van der Waals surface area (Å²) in [6.45, 7) is 1.50. The van der Waals surface area contributed by atoms with E-state index in [2.05, 4.69) is 25.9 Å².